The van der Waals surface area contributed by atoms with Gasteiger partial charge in [-0.15, -0.1) is 0 Å². The fourth-order valence-electron chi connectivity index (χ4n) is 10.9. The van der Waals surface area contributed by atoms with E-state index in [4.69, 9.17) is 0 Å². The van der Waals surface area contributed by atoms with Crippen LogP contribution in [0.4, 0.5) is 0 Å². The van der Waals surface area contributed by atoms with Crippen molar-refractivity contribution in [1.82, 2.24) is 0 Å². The Morgan fingerprint density at radius 2 is 1.74 bits per heavy atom. The van der Waals surface area contributed by atoms with Crippen LogP contribution in [0.5, 0.6) is 0 Å². The molecule has 0 aromatic heterocycles. The first-order chi connectivity index (χ1) is 15.8. The number of rotatable bonds is 2. The third kappa shape index (κ3) is 2.75. The van der Waals surface area contributed by atoms with Crippen molar-refractivity contribution in [2.24, 2.45) is 50.7 Å². The second-order valence-corrected chi connectivity index (χ2v) is 14.0. The average molecular weight is 475 g/mol. The summed E-state index contributed by atoms with van der Waals surface area (Å²) >= 11 is 0. The molecule has 0 aliphatic heterocycles. The van der Waals surface area contributed by atoms with Crippen molar-refractivity contribution in [3.63, 3.8) is 0 Å². The summed E-state index contributed by atoms with van der Waals surface area (Å²) in [7, 11) is 0. The van der Waals surface area contributed by atoms with Crippen LogP contribution in [-0.2, 0) is 4.79 Å². The highest BCUT2D eigenvalue weighted by molar-refractivity contribution is 5.76. The molecule has 192 valence electrons. The normalized spacial score (nSPS) is 56.9. The van der Waals surface area contributed by atoms with Crippen LogP contribution in [0.1, 0.15) is 92.4 Å². The van der Waals surface area contributed by atoms with Crippen molar-refractivity contribution >= 4 is 5.97 Å². The minimum atomic E-state index is -0.904. The van der Waals surface area contributed by atoms with Crippen molar-refractivity contribution in [1.29, 1.82) is 0 Å². The second kappa shape index (κ2) is 7.55. The largest absolute Gasteiger partial charge is 0.481 e. The maximum atomic E-state index is 12.7. The fraction of sp³-hybridized carbons (Fsp3) is 0.897. The highest BCUT2D eigenvalue weighted by Gasteiger charge is 2.70. The Kier molecular flexibility index (Phi) is 5.50. The molecule has 4 fully saturated rings. The lowest BCUT2D eigenvalue weighted by Crippen LogP contribution is -2.68. The number of carboxylic acids is 1. The van der Waals surface area contributed by atoms with Gasteiger partial charge in [-0.3, -0.25) is 4.79 Å². The van der Waals surface area contributed by atoms with Crippen molar-refractivity contribution in [2.45, 2.75) is 105 Å². The van der Waals surface area contributed by atoms with Crippen molar-refractivity contribution in [3.05, 3.63) is 11.6 Å². The molecule has 5 aliphatic carbocycles. The molecule has 5 nitrogen and oxygen atoms in total. The molecule has 0 saturated heterocycles. The zero-order valence-electron chi connectivity index (χ0n) is 21.8. The lowest BCUT2D eigenvalue weighted by atomic mass is 9.33. The van der Waals surface area contributed by atoms with Crippen LogP contribution < -0.4 is 0 Å². The van der Waals surface area contributed by atoms with Gasteiger partial charge < -0.3 is 20.4 Å². The smallest absolute Gasteiger partial charge is 0.310 e. The number of fused-ring (bicyclic) bond motifs is 7. The molecule has 0 bridgehead atoms. The van der Waals surface area contributed by atoms with E-state index in [0.29, 0.717) is 18.3 Å². The standard InChI is InChI=1S/C29H46O5/c1-17-7-6-11-29(24(33)34)14-13-27(4)18(22(17)29)8-9-21-25(2)15-19(31)23(32)26(3,16-30)20(25)10-12-28(21,27)5/h8,17,19-23,30-32H,6-7,9-16H2,1-5H3,(H,33,34)/t17-,19+,20?,21?,22-,23-,25-,26-,27+,28+,29-/m0/s1. The minimum Gasteiger partial charge on any atom is -0.481 e. The molecule has 5 aliphatic rings. The van der Waals surface area contributed by atoms with E-state index >= 15 is 0 Å². The summed E-state index contributed by atoms with van der Waals surface area (Å²) < 4.78 is 0. The zero-order valence-corrected chi connectivity index (χ0v) is 21.8. The Morgan fingerprint density at radius 1 is 1.03 bits per heavy atom. The Balaban J connectivity index is 1.61. The number of hydrogen-bond donors (Lipinski definition) is 4. The van der Waals surface area contributed by atoms with Crippen LogP contribution in [0.15, 0.2) is 11.6 Å². The van der Waals surface area contributed by atoms with Gasteiger partial charge in [0.1, 0.15) is 0 Å². The molecule has 0 aromatic rings. The molecule has 2 unspecified atom stereocenters. The summed E-state index contributed by atoms with van der Waals surface area (Å²) in [5, 5.41) is 42.7. The number of aliphatic hydroxyl groups excluding tert-OH is 3. The summed E-state index contributed by atoms with van der Waals surface area (Å²) in [5.74, 6) is 0.375. The summed E-state index contributed by atoms with van der Waals surface area (Å²) in [6.45, 7) is 11.3. The number of hydrogen-bond acceptors (Lipinski definition) is 4. The third-order valence-corrected chi connectivity index (χ3v) is 12.9. The molecule has 0 heterocycles. The van der Waals surface area contributed by atoms with Crippen LogP contribution in [0.2, 0.25) is 0 Å². The molecule has 5 heteroatoms. The van der Waals surface area contributed by atoms with Gasteiger partial charge in [0.2, 0.25) is 0 Å². The predicted octanol–water partition coefficient (Wildman–Crippen LogP) is 4.79. The van der Waals surface area contributed by atoms with Crippen LogP contribution in [-0.4, -0.2) is 45.2 Å². The van der Waals surface area contributed by atoms with Gasteiger partial charge in [0.15, 0.2) is 0 Å². The number of carbonyl (C=O) groups is 1. The zero-order chi connectivity index (χ0) is 24.9. The van der Waals surface area contributed by atoms with E-state index < -0.39 is 29.0 Å². The van der Waals surface area contributed by atoms with Gasteiger partial charge in [-0.1, -0.05) is 59.1 Å². The molecule has 0 radical (unpaired) electrons. The van der Waals surface area contributed by atoms with E-state index in [-0.39, 0.29) is 34.7 Å². The number of carboxylic acid groups (broad SMARTS) is 1. The van der Waals surface area contributed by atoms with E-state index in [0.717, 1.165) is 51.4 Å². The first kappa shape index (κ1) is 24.8. The summed E-state index contributed by atoms with van der Waals surface area (Å²) in [4.78, 5) is 12.7. The fourth-order valence-corrected chi connectivity index (χ4v) is 10.9. The van der Waals surface area contributed by atoms with E-state index in [1.165, 1.54) is 5.57 Å². The second-order valence-electron chi connectivity index (χ2n) is 14.0. The number of aliphatic hydroxyl groups is 3. The highest BCUT2D eigenvalue weighted by Crippen LogP contribution is 2.75. The molecule has 34 heavy (non-hydrogen) atoms. The topological polar surface area (TPSA) is 98.0 Å². The Morgan fingerprint density at radius 3 is 2.38 bits per heavy atom. The summed E-state index contributed by atoms with van der Waals surface area (Å²) in [6, 6.07) is 0. The molecule has 0 aromatic carbocycles. The first-order valence-electron chi connectivity index (χ1n) is 13.7. The lowest BCUT2D eigenvalue weighted by molar-refractivity contribution is -0.243. The maximum absolute atomic E-state index is 12.7. The van der Waals surface area contributed by atoms with Gasteiger partial charge >= 0.3 is 5.97 Å². The van der Waals surface area contributed by atoms with E-state index in [1.54, 1.807) is 0 Å². The molecule has 0 amide bonds. The van der Waals surface area contributed by atoms with Crippen LogP contribution in [0.3, 0.4) is 0 Å². The van der Waals surface area contributed by atoms with Crippen LogP contribution in [0, 0.1) is 50.7 Å². The van der Waals surface area contributed by atoms with Gasteiger partial charge in [-0.2, -0.15) is 0 Å². The minimum absolute atomic E-state index is 0.00252. The van der Waals surface area contributed by atoms with Crippen molar-refractivity contribution in [2.75, 3.05) is 6.61 Å². The lowest BCUT2D eigenvalue weighted by Gasteiger charge is -2.71. The highest BCUT2D eigenvalue weighted by atomic mass is 16.4. The Bertz CT molecular complexity index is 899. The molecular weight excluding hydrogens is 428 g/mol. The first-order valence-corrected chi connectivity index (χ1v) is 13.7. The molecule has 11 atom stereocenters. The molecular formula is C29H46O5. The van der Waals surface area contributed by atoms with E-state index in [9.17, 15) is 25.2 Å². The van der Waals surface area contributed by atoms with E-state index in [1.807, 2.05) is 6.92 Å². The monoisotopic (exact) mass is 474 g/mol. The molecule has 4 saturated carbocycles. The number of aliphatic carboxylic acids is 1. The average Bonchev–Trinajstić information content (AvgIpc) is 2.78. The molecule has 0 spiro atoms. The maximum Gasteiger partial charge on any atom is 0.310 e. The SMILES string of the molecule is C[C@H]1CCC[C@]2(C(=O)O)CC[C@]3(C)C(=CCC4[C@@]5(C)C[C@@H](O)[C@H](O)[C@@](C)(CO)C5CC[C@]43C)[C@H]12. The Hall–Kier alpha value is -0.910. The van der Waals surface area contributed by atoms with Gasteiger partial charge in [-0.05, 0) is 84.9 Å². The van der Waals surface area contributed by atoms with Crippen molar-refractivity contribution < 1.29 is 25.2 Å². The Labute approximate surface area is 205 Å². The van der Waals surface area contributed by atoms with Crippen LogP contribution >= 0.6 is 0 Å². The van der Waals surface area contributed by atoms with Gasteiger partial charge in [-0.25, -0.2) is 0 Å². The molecule has 5 rings (SSSR count). The van der Waals surface area contributed by atoms with E-state index in [2.05, 4.69) is 33.8 Å². The summed E-state index contributed by atoms with van der Waals surface area (Å²) in [6.07, 6.45) is 8.67. The van der Waals surface area contributed by atoms with Gasteiger partial charge in [0, 0.05) is 5.41 Å². The third-order valence-electron chi connectivity index (χ3n) is 12.9. The quantitative estimate of drug-likeness (QED) is 0.432. The number of allylic oxidation sites excluding steroid dienone is 2. The van der Waals surface area contributed by atoms with Gasteiger partial charge in [0.25, 0.3) is 0 Å². The van der Waals surface area contributed by atoms with Crippen LogP contribution in [0.25, 0.3) is 0 Å². The van der Waals surface area contributed by atoms with Gasteiger partial charge in [0.05, 0.1) is 24.2 Å². The predicted molar refractivity (Wildman–Crippen MR) is 131 cm³/mol. The van der Waals surface area contributed by atoms with Crippen molar-refractivity contribution in [3.8, 4) is 0 Å². The summed E-state index contributed by atoms with van der Waals surface area (Å²) in [5.41, 5.74) is -0.156. The molecule has 4 N–H and O–H groups in total.